The van der Waals surface area contributed by atoms with Crippen LogP contribution < -0.4 is 10.6 Å². The minimum atomic E-state index is -0.0531. The molecule has 1 unspecified atom stereocenters. The van der Waals surface area contributed by atoms with Crippen molar-refractivity contribution in [2.24, 2.45) is 0 Å². The van der Waals surface area contributed by atoms with Gasteiger partial charge in [-0.3, -0.25) is 9.59 Å². The highest BCUT2D eigenvalue weighted by molar-refractivity contribution is 7.09. The van der Waals surface area contributed by atoms with Gasteiger partial charge in [-0.1, -0.05) is 24.6 Å². The molecule has 2 aromatic rings. The molecule has 2 rings (SSSR count). The summed E-state index contributed by atoms with van der Waals surface area (Å²) in [6, 6.07) is 9.12. The first-order chi connectivity index (χ1) is 12.1. The molecule has 1 aromatic heterocycles. The predicted octanol–water partition coefficient (Wildman–Crippen LogP) is 3.62. The summed E-state index contributed by atoms with van der Waals surface area (Å²) in [5.74, 6) is -0.00259. The van der Waals surface area contributed by atoms with E-state index in [0.29, 0.717) is 18.5 Å². The summed E-state index contributed by atoms with van der Waals surface area (Å²) in [6.45, 7) is 4.54. The summed E-state index contributed by atoms with van der Waals surface area (Å²) < 4.78 is 0. The van der Waals surface area contributed by atoms with Crippen molar-refractivity contribution in [1.82, 2.24) is 15.6 Å². The molecule has 0 aliphatic rings. The number of nitrogens with zero attached hydrogens (tertiary/aromatic N) is 1. The molecule has 134 valence electrons. The molecule has 0 aliphatic heterocycles. The molecule has 6 heteroatoms. The molecule has 1 aromatic carbocycles. The van der Waals surface area contributed by atoms with E-state index in [4.69, 9.17) is 0 Å². The Kier molecular flexibility index (Phi) is 7.60. The van der Waals surface area contributed by atoms with E-state index in [1.54, 1.807) is 23.5 Å². The summed E-state index contributed by atoms with van der Waals surface area (Å²) in [5.41, 5.74) is 1.59. The molecule has 0 radical (unpaired) electrons. The lowest BCUT2D eigenvalue weighted by Crippen LogP contribution is -2.26. The Morgan fingerprint density at radius 2 is 1.92 bits per heavy atom. The zero-order valence-corrected chi connectivity index (χ0v) is 15.6. The molecule has 2 amide bonds. The lowest BCUT2D eigenvalue weighted by Gasteiger charge is -2.11. The van der Waals surface area contributed by atoms with Crippen molar-refractivity contribution in [2.75, 3.05) is 6.54 Å². The zero-order chi connectivity index (χ0) is 18.1. The fourth-order valence-electron chi connectivity index (χ4n) is 2.45. The third-order valence-electron chi connectivity index (χ3n) is 3.86. The second kappa shape index (κ2) is 9.93. The number of aryl methyl sites for hydroxylation is 1. The first-order valence-corrected chi connectivity index (χ1v) is 9.49. The first kappa shape index (κ1) is 19.1. The number of carbonyl (C=O) groups excluding carboxylic acids is 2. The van der Waals surface area contributed by atoms with Gasteiger partial charge in [0.15, 0.2) is 0 Å². The number of carbonyl (C=O) groups is 2. The Bertz CT molecular complexity index is 685. The third-order valence-corrected chi connectivity index (χ3v) is 4.65. The van der Waals surface area contributed by atoms with Gasteiger partial charge in [0.25, 0.3) is 5.91 Å². The molecular weight excluding hydrogens is 334 g/mol. The summed E-state index contributed by atoms with van der Waals surface area (Å²) in [4.78, 5) is 28.2. The number of thiazole rings is 1. The van der Waals surface area contributed by atoms with Gasteiger partial charge in [0, 0.05) is 23.9 Å². The third kappa shape index (κ3) is 6.66. The molecule has 0 aliphatic carbocycles. The van der Waals surface area contributed by atoms with Crippen molar-refractivity contribution in [1.29, 1.82) is 0 Å². The van der Waals surface area contributed by atoms with Crippen molar-refractivity contribution in [3.8, 4) is 0 Å². The number of hydrogen-bond acceptors (Lipinski definition) is 4. The molecule has 2 N–H and O–H groups in total. The molecule has 0 saturated heterocycles. The highest BCUT2D eigenvalue weighted by Gasteiger charge is 2.11. The molecule has 1 heterocycles. The van der Waals surface area contributed by atoms with E-state index in [9.17, 15) is 9.59 Å². The van der Waals surface area contributed by atoms with E-state index >= 15 is 0 Å². The summed E-state index contributed by atoms with van der Waals surface area (Å²) in [7, 11) is 0. The Morgan fingerprint density at radius 3 is 2.60 bits per heavy atom. The first-order valence-electron chi connectivity index (χ1n) is 8.61. The minimum Gasteiger partial charge on any atom is -0.352 e. The SMILES string of the molecule is Cc1nc(C(C)NC(=O)CCCCCNC(=O)c2ccccc2)cs1. The molecule has 5 nitrogen and oxygen atoms in total. The maximum atomic E-state index is 12.0. The highest BCUT2D eigenvalue weighted by atomic mass is 32.1. The van der Waals surface area contributed by atoms with E-state index in [2.05, 4.69) is 15.6 Å². The average molecular weight is 359 g/mol. The number of aromatic nitrogens is 1. The van der Waals surface area contributed by atoms with Crippen LogP contribution >= 0.6 is 11.3 Å². The molecule has 0 fully saturated rings. The van der Waals surface area contributed by atoms with Gasteiger partial charge >= 0.3 is 0 Å². The van der Waals surface area contributed by atoms with Crippen LogP contribution in [0.4, 0.5) is 0 Å². The molecule has 25 heavy (non-hydrogen) atoms. The summed E-state index contributed by atoms with van der Waals surface area (Å²) in [5, 5.41) is 8.86. The normalized spacial score (nSPS) is 11.8. The molecule has 0 bridgehead atoms. The monoisotopic (exact) mass is 359 g/mol. The van der Waals surface area contributed by atoms with Gasteiger partial charge in [-0.2, -0.15) is 0 Å². The number of nitrogens with one attached hydrogen (secondary N) is 2. The number of hydrogen-bond donors (Lipinski definition) is 2. The quantitative estimate of drug-likeness (QED) is 0.672. The number of unbranched alkanes of at least 4 members (excludes halogenated alkanes) is 2. The van der Waals surface area contributed by atoms with Crippen LogP contribution in [0.25, 0.3) is 0 Å². The Balaban J connectivity index is 1.55. The number of benzene rings is 1. The van der Waals surface area contributed by atoms with Crippen LogP contribution in [-0.4, -0.2) is 23.3 Å². The Morgan fingerprint density at radius 1 is 1.16 bits per heavy atom. The summed E-state index contributed by atoms with van der Waals surface area (Å²) in [6.07, 6.45) is 3.09. The highest BCUT2D eigenvalue weighted by Crippen LogP contribution is 2.15. The second-order valence-corrected chi connectivity index (χ2v) is 7.08. The second-order valence-electron chi connectivity index (χ2n) is 6.01. The molecule has 0 spiro atoms. The topological polar surface area (TPSA) is 71.1 Å². The van der Waals surface area contributed by atoms with Crippen LogP contribution in [0, 0.1) is 6.92 Å². The number of amides is 2. The van der Waals surface area contributed by atoms with E-state index in [0.717, 1.165) is 30.0 Å². The van der Waals surface area contributed by atoms with Crippen LogP contribution in [0.1, 0.15) is 59.7 Å². The van der Waals surface area contributed by atoms with Crippen molar-refractivity contribution in [3.63, 3.8) is 0 Å². The van der Waals surface area contributed by atoms with Gasteiger partial charge in [-0.15, -0.1) is 11.3 Å². The van der Waals surface area contributed by atoms with Gasteiger partial charge < -0.3 is 10.6 Å². The molecular formula is C19H25N3O2S. The van der Waals surface area contributed by atoms with Crippen LogP contribution in [0.2, 0.25) is 0 Å². The van der Waals surface area contributed by atoms with Crippen molar-refractivity contribution < 1.29 is 9.59 Å². The van der Waals surface area contributed by atoms with Gasteiger partial charge in [0.05, 0.1) is 16.7 Å². The smallest absolute Gasteiger partial charge is 0.251 e. The van der Waals surface area contributed by atoms with Gasteiger partial charge in [0.2, 0.25) is 5.91 Å². The van der Waals surface area contributed by atoms with E-state index in [-0.39, 0.29) is 17.9 Å². The van der Waals surface area contributed by atoms with Crippen molar-refractivity contribution in [3.05, 3.63) is 52.0 Å². The van der Waals surface area contributed by atoms with Crippen molar-refractivity contribution >= 4 is 23.2 Å². The zero-order valence-electron chi connectivity index (χ0n) is 14.7. The predicted molar refractivity (Wildman–Crippen MR) is 101 cm³/mol. The van der Waals surface area contributed by atoms with Gasteiger partial charge in [-0.05, 0) is 38.8 Å². The van der Waals surface area contributed by atoms with Crippen LogP contribution in [0.15, 0.2) is 35.7 Å². The maximum Gasteiger partial charge on any atom is 0.251 e. The fraction of sp³-hybridized carbons (Fsp3) is 0.421. The van der Waals surface area contributed by atoms with Gasteiger partial charge in [-0.25, -0.2) is 4.98 Å². The van der Waals surface area contributed by atoms with Gasteiger partial charge in [0.1, 0.15) is 0 Å². The fourth-order valence-corrected chi connectivity index (χ4v) is 3.15. The molecule has 1 atom stereocenters. The van der Waals surface area contributed by atoms with Crippen molar-refractivity contribution in [2.45, 2.75) is 45.6 Å². The molecule has 0 saturated carbocycles. The summed E-state index contributed by atoms with van der Waals surface area (Å²) >= 11 is 1.59. The van der Waals surface area contributed by atoms with Crippen LogP contribution in [-0.2, 0) is 4.79 Å². The maximum absolute atomic E-state index is 12.0. The largest absolute Gasteiger partial charge is 0.352 e. The van der Waals surface area contributed by atoms with E-state index in [1.807, 2.05) is 37.4 Å². The van der Waals surface area contributed by atoms with E-state index < -0.39 is 0 Å². The Hall–Kier alpha value is -2.21. The Labute approximate surface area is 152 Å². The van der Waals surface area contributed by atoms with E-state index in [1.165, 1.54) is 0 Å². The lowest BCUT2D eigenvalue weighted by molar-refractivity contribution is -0.121. The lowest BCUT2D eigenvalue weighted by atomic mass is 10.1. The van der Waals surface area contributed by atoms with Crippen LogP contribution in [0.5, 0.6) is 0 Å². The van der Waals surface area contributed by atoms with Crippen LogP contribution in [0.3, 0.4) is 0 Å². The minimum absolute atomic E-state index is 0.0477. The standard InChI is InChI=1S/C19H25N3O2S/c1-14(17-13-25-15(2)22-17)21-18(23)11-7-4-8-12-20-19(24)16-9-5-3-6-10-16/h3,5-6,9-10,13-14H,4,7-8,11-12H2,1-2H3,(H,20,24)(H,21,23). The average Bonchev–Trinajstić information content (AvgIpc) is 3.05. The number of rotatable bonds is 9.